The summed E-state index contributed by atoms with van der Waals surface area (Å²) in [6.07, 6.45) is 0. The Labute approximate surface area is 114 Å². The van der Waals surface area contributed by atoms with E-state index >= 15 is 0 Å². The Morgan fingerprint density at radius 2 is 2.21 bits per heavy atom. The number of benzene rings is 1. The van der Waals surface area contributed by atoms with E-state index in [-0.39, 0.29) is 0 Å². The Kier molecular flexibility index (Phi) is 4.01. The van der Waals surface area contributed by atoms with Crippen molar-refractivity contribution in [3.63, 3.8) is 0 Å². The fraction of sp³-hybridized carbons (Fsp3) is 0.231. The van der Waals surface area contributed by atoms with E-state index in [1.165, 1.54) is 11.3 Å². The number of aliphatic carboxylic acids is 1. The molecule has 19 heavy (non-hydrogen) atoms. The summed E-state index contributed by atoms with van der Waals surface area (Å²) in [7, 11) is 1.55. The number of carbonyl (C=O) groups is 1. The fourth-order valence-electron chi connectivity index (χ4n) is 1.65. The summed E-state index contributed by atoms with van der Waals surface area (Å²) in [6, 6.07) is 6.31. The normalized spacial score (nSPS) is 11.9. The van der Waals surface area contributed by atoms with E-state index in [0.29, 0.717) is 16.4 Å². The van der Waals surface area contributed by atoms with Crippen LogP contribution in [-0.4, -0.2) is 23.2 Å². The minimum absolute atomic E-state index is 0.524. The lowest BCUT2D eigenvalue weighted by Crippen LogP contribution is -2.20. The predicted molar refractivity (Wildman–Crippen MR) is 73.8 cm³/mol. The summed E-state index contributed by atoms with van der Waals surface area (Å²) < 4.78 is 5.19. The van der Waals surface area contributed by atoms with Crippen molar-refractivity contribution in [1.29, 1.82) is 0 Å². The molecule has 2 aromatic rings. The molecule has 0 aliphatic rings. The average molecular weight is 278 g/mol. The van der Waals surface area contributed by atoms with Crippen LogP contribution in [0.15, 0.2) is 29.6 Å². The molecule has 1 aromatic carbocycles. The van der Waals surface area contributed by atoms with Crippen LogP contribution in [-0.2, 0) is 4.79 Å². The minimum Gasteiger partial charge on any atom is -0.495 e. The van der Waals surface area contributed by atoms with Gasteiger partial charge in [0.25, 0.3) is 0 Å². The number of hydrogen-bond acceptors (Lipinski definition) is 5. The topological polar surface area (TPSA) is 71.5 Å². The first-order valence-electron chi connectivity index (χ1n) is 5.66. The lowest BCUT2D eigenvalue weighted by Gasteiger charge is -2.15. The first kappa shape index (κ1) is 13.4. The van der Waals surface area contributed by atoms with Gasteiger partial charge in [-0.3, -0.25) is 0 Å². The number of hydrogen-bond donors (Lipinski definition) is 2. The molecule has 0 bridgehead atoms. The molecule has 0 aliphatic carbocycles. The molecule has 0 spiro atoms. The zero-order valence-electron chi connectivity index (χ0n) is 10.6. The van der Waals surface area contributed by atoms with E-state index in [0.717, 1.165) is 5.69 Å². The number of carboxylic acid groups (broad SMARTS) is 1. The van der Waals surface area contributed by atoms with Gasteiger partial charge in [-0.15, -0.1) is 11.3 Å². The lowest BCUT2D eigenvalue weighted by atomic mass is 10.2. The van der Waals surface area contributed by atoms with Gasteiger partial charge < -0.3 is 15.2 Å². The highest BCUT2D eigenvalue weighted by Crippen LogP contribution is 2.29. The molecule has 0 saturated carbocycles. The van der Waals surface area contributed by atoms with Crippen LogP contribution >= 0.6 is 11.3 Å². The standard InChI is InChI=1S/C13H14N2O3S/c1-8-7-19-12(14-8)11(13(16)17)15-9-5-3-4-6-10(9)18-2/h3-7,11,15H,1-2H3,(H,16,17). The molecule has 1 atom stereocenters. The second-order valence-corrected chi connectivity index (χ2v) is 4.83. The van der Waals surface area contributed by atoms with Crippen LogP contribution in [0.1, 0.15) is 16.7 Å². The molecule has 0 fully saturated rings. The SMILES string of the molecule is COc1ccccc1NC(C(=O)O)c1nc(C)cs1. The number of aryl methyl sites for hydroxylation is 1. The first-order valence-corrected chi connectivity index (χ1v) is 6.54. The van der Waals surface area contributed by atoms with Crippen molar-refractivity contribution in [2.75, 3.05) is 12.4 Å². The van der Waals surface area contributed by atoms with Crippen LogP contribution < -0.4 is 10.1 Å². The molecule has 1 heterocycles. The van der Waals surface area contributed by atoms with Crippen LogP contribution in [0.5, 0.6) is 5.75 Å². The van der Waals surface area contributed by atoms with Crippen molar-refractivity contribution >= 4 is 23.0 Å². The molecule has 0 amide bonds. The second-order valence-electron chi connectivity index (χ2n) is 3.94. The average Bonchev–Trinajstić information content (AvgIpc) is 2.82. The van der Waals surface area contributed by atoms with Gasteiger partial charge in [0.05, 0.1) is 12.8 Å². The summed E-state index contributed by atoms with van der Waals surface area (Å²) in [6.45, 7) is 1.84. The molecule has 100 valence electrons. The highest BCUT2D eigenvalue weighted by atomic mass is 32.1. The van der Waals surface area contributed by atoms with E-state index in [9.17, 15) is 9.90 Å². The number of nitrogens with zero attached hydrogens (tertiary/aromatic N) is 1. The van der Waals surface area contributed by atoms with Crippen LogP contribution in [0, 0.1) is 6.92 Å². The molecule has 1 unspecified atom stereocenters. The Morgan fingerprint density at radius 1 is 1.47 bits per heavy atom. The van der Waals surface area contributed by atoms with Crippen molar-refractivity contribution < 1.29 is 14.6 Å². The maximum absolute atomic E-state index is 11.4. The highest BCUT2D eigenvalue weighted by molar-refractivity contribution is 7.09. The van der Waals surface area contributed by atoms with Gasteiger partial charge in [0.1, 0.15) is 10.8 Å². The van der Waals surface area contributed by atoms with Crippen molar-refractivity contribution in [2.24, 2.45) is 0 Å². The third-order valence-corrected chi connectivity index (χ3v) is 3.56. The zero-order chi connectivity index (χ0) is 13.8. The zero-order valence-corrected chi connectivity index (χ0v) is 11.4. The van der Waals surface area contributed by atoms with Gasteiger partial charge in [0.15, 0.2) is 6.04 Å². The van der Waals surface area contributed by atoms with E-state index in [2.05, 4.69) is 10.3 Å². The maximum Gasteiger partial charge on any atom is 0.333 e. The largest absolute Gasteiger partial charge is 0.495 e. The Hall–Kier alpha value is -2.08. The Bertz CT molecular complexity index is 583. The van der Waals surface area contributed by atoms with Crippen molar-refractivity contribution in [1.82, 2.24) is 4.98 Å². The van der Waals surface area contributed by atoms with Crippen LogP contribution in [0.4, 0.5) is 5.69 Å². The number of carboxylic acids is 1. The molecule has 6 heteroatoms. The van der Waals surface area contributed by atoms with E-state index in [1.54, 1.807) is 19.2 Å². The van der Waals surface area contributed by atoms with E-state index in [1.807, 2.05) is 24.4 Å². The van der Waals surface area contributed by atoms with Crippen molar-refractivity contribution in [2.45, 2.75) is 13.0 Å². The van der Waals surface area contributed by atoms with Crippen LogP contribution in [0.25, 0.3) is 0 Å². The predicted octanol–water partition coefficient (Wildman–Crippen LogP) is 2.70. The van der Waals surface area contributed by atoms with E-state index < -0.39 is 12.0 Å². The third-order valence-electron chi connectivity index (χ3n) is 2.54. The number of methoxy groups -OCH3 is 1. The number of rotatable bonds is 5. The highest BCUT2D eigenvalue weighted by Gasteiger charge is 2.23. The number of anilines is 1. The van der Waals surface area contributed by atoms with E-state index in [4.69, 9.17) is 4.74 Å². The molecule has 0 saturated heterocycles. The number of para-hydroxylation sites is 2. The van der Waals surface area contributed by atoms with Crippen LogP contribution in [0.3, 0.4) is 0 Å². The number of ether oxygens (including phenoxy) is 1. The summed E-state index contributed by atoms with van der Waals surface area (Å²) in [5, 5.41) is 14.6. The Balaban J connectivity index is 2.29. The van der Waals surface area contributed by atoms with Gasteiger partial charge in [0, 0.05) is 11.1 Å². The summed E-state index contributed by atoms with van der Waals surface area (Å²) in [4.78, 5) is 15.6. The third kappa shape index (κ3) is 3.03. The van der Waals surface area contributed by atoms with Gasteiger partial charge >= 0.3 is 5.97 Å². The molecule has 2 N–H and O–H groups in total. The summed E-state index contributed by atoms with van der Waals surface area (Å²) >= 11 is 1.32. The maximum atomic E-state index is 11.4. The molecule has 0 aliphatic heterocycles. The monoisotopic (exact) mass is 278 g/mol. The molecular weight excluding hydrogens is 264 g/mol. The summed E-state index contributed by atoms with van der Waals surface area (Å²) in [5.41, 5.74) is 1.44. The van der Waals surface area contributed by atoms with Gasteiger partial charge in [-0.1, -0.05) is 12.1 Å². The van der Waals surface area contributed by atoms with Crippen molar-refractivity contribution in [3.8, 4) is 5.75 Å². The molecular formula is C13H14N2O3S. The number of nitrogens with one attached hydrogen (secondary N) is 1. The molecule has 0 radical (unpaired) electrons. The van der Waals surface area contributed by atoms with Crippen molar-refractivity contribution in [3.05, 3.63) is 40.3 Å². The Morgan fingerprint density at radius 3 is 2.79 bits per heavy atom. The second kappa shape index (κ2) is 5.71. The number of thiazole rings is 1. The van der Waals surface area contributed by atoms with Gasteiger partial charge in [0.2, 0.25) is 0 Å². The van der Waals surface area contributed by atoms with Gasteiger partial charge in [-0.25, -0.2) is 9.78 Å². The molecule has 5 nitrogen and oxygen atoms in total. The lowest BCUT2D eigenvalue weighted by molar-refractivity contribution is -0.138. The fourth-order valence-corrected chi connectivity index (χ4v) is 2.49. The summed E-state index contributed by atoms with van der Waals surface area (Å²) in [5.74, 6) is -0.373. The molecule has 2 rings (SSSR count). The molecule has 1 aromatic heterocycles. The minimum atomic E-state index is -0.972. The quantitative estimate of drug-likeness (QED) is 0.880. The van der Waals surface area contributed by atoms with Crippen LogP contribution in [0.2, 0.25) is 0 Å². The van der Waals surface area contributed by atoms with Gasteiger partial charge in [-0.05, 0) is 19.1 Å². The van der Waals surface area contributed by atoms with Gasteiger partial charge in [-0.2, -0.15) is 0 Å². The first-order chi connectivity index (χ1) is 9.11. The smallest absolute Gasteiger partial charge is 0.333 e. The number of aromatic nitrogens is 1.